The molecule has 0 spiro atoms. The van der Waals surface area contributed by atoms with Crippen molar-refractivity contribution in [3.8, 4) is 11.5 Å². The lowest BCUT2D eigenvalue weighted by Gasteiger charge is -2.37. The van der Waals surface area contributed by atoms with Crippen molar-refractivity contribution in [2.75, 3.05) is 20.2 Å². The third-order valence-corrected chi connectivity index (χ3v) is 6.74. The zero-order valence-electron chi connectivity index (χ0n) is 19.3. The average molecular weight is 473 g/mol. The molecule has 2 fully saturated rings. The molecule has 6 nitrogen and oxygen atoms in total. The number of amides is 2. The first-order valence-corrected chi connectivity index (χ1v) is 11.7. The number of hydrogen-bond donors (Lipinski definition) is 1. The number of piperidine rings is 1. The fraction of sp³-hybridized carbons (Fsp3) is 0.462. The predicted molar refractivity (Wildman–Crippen MR) is 123 cm³/mol. The highest BCUT2D eigenvalue weighted by Gasteiger charge is 2.36. The maximum Gasteiger partial charge on any atom is 0.237 e. The van der Waals surface area contributed by atoms with Crippen LogP contribution in [0.2, 0.25) is 0 Å². The minimum Gasteiger partial charge on any atom is -0.493 e. The Kier molecular flexibility index (Phi) is 7.34. The Hall–Kier alpha value is -3.16. The Bertz CT molecular complexity index is 1060. The second-order valence-electron chi connectivity index (χ2n) is 9.20. The summed E-state index contributed by atoms with van der Waals surface area (Å²) in [6.07, 6.45) is 5.20. The van der Waals surface area contributed by atoms with E-state index in [9.17, 15) is 18.4 Å². The van der Waals surface area contributed by atoms with E-state index < -0.39 is 23.5 Å². The van der Waals surface area contributed by atoms with Gasteiger partial charge >= 0.3 is 0 Å². The van der Waals surface area contributed by atoms with Gasteiger partial charge in [0, 0.05) is 18.4 Å². The van der Waals surface area contributed by atoms with E-state index in [2.05, 4.69) is 0 Å². The van der Waals surface area contributed by atoms with E-state index in [0.717, 1.165) is 43.4 Å². The molecule has 1 aliphatic carbocycles. The molecule has 2 unspecified atom stereocenters. The summed E-state index contributed by atoms with van der Waals surface area (Å²) in [6.45, 7) is 0.149. The molecular formula is C26H30F2N2O4. The number of primary amides is 1. The molecule has 0 aromatic heterocycles. The Morgan fingerprint density at radius 1 is 1.09 bits per heavy atom. The molecule has 2 amide bonds. The quantitative estimate of drug-likeness (QED) is 0.631. The SMILES string of the molecule is COc1ccc(C2CC(Cc3ccc(F)c(F)c3)C(=O)N(CC(N)=O)C2)cc1OC1CCCC1. The van der Waals surface area contributed by atoms with E-state index in [4.69, 9.17) is 15.2 Å². The highest BCUT2D eigenvalue weighted by atomic mass is 19.2. The molecule has 8 heteroatoms. The highest BCUT2D eigenvalue weighted by molar-refractivity contribution is 5.86. The molecule has 2 atom stereocenters. The number of rotatable bonds is 8. The van der Waals surface area contributed by atoms with Gasteiger partial charge in [-0.1, -0.05) is 12.1 Å². The maximum atomic E-state index is 13.7. The van der Waals surface area contributed by atoms with Gasteiger partial charge in [0.15, 0.2) is 23.1 Å². The standard InChI is InChI=1S/C26H30F2N2O4/c1-33-23-9-7-17(13-24(23)34-20-4-2-3-5-20)19-12-18(26(32)30(14-19)15-25(29)31)10-16-6-8-21(27)22(28)11-16/h6-9,11,13,18-20H,2-5,10,12,14-15H2,1H3,(H2,29,31). The van der Waals surface area contributed by atoms with Gasteiger partial charge in [-0.05, 0) is 73.9 Å². The van der Waals surface area contributed by atoms with Gasteiger partial charge in [-0.25, -0.2) is 8.78 Å². The van der Waals surface area contributed by atoms with Gasteiger partial charge in [0.05, 0.1) is 19.8 Å². The van der Waals surface area contributed by atoms with Crippen LogP contribution in [0.3, 0.4) is 0 Å². The summed E-state index contributed by atoms with van der Waals surface area (Å²) in [7, 11) is 1.60. The van der Waals surface area contributed by atoms with Crippen molar-refractivity contribution in [2.45, 2.75) is 50.5 Å². The Morgan fingerprint density at radius 2 is 1.85 bits per heavy atom. The lowest BCUT2D eigenvalue weighted by molar-refractivity contribution is -0.142. The van der Waals surface area contributed by atoms with Gasteiger partial charge in [-0.3, -0.25) is 9.59 Å². The van der Waals surface area contributed by atoms with Crippen molar-refractivity contribution >= 4 is 11.8 Å². The Labute approximate surface area is 198 Å². The van der Waals surface area contributed by atoms with Crippen LogP contribution in [0.25, 0.3) is 0 Å². The van der Waals surface area contributed by atoms with Crippen LogP contribution in [0.1, 0.15) is 49.1 Å². The smallest absolute Gasteiger partial charge is 0.237 e. The van der Waals surface area contributed by atoms with Gasteiger partial charge in [0.2, 0.25) is 11.8 Å². The molecule has 4 rings (SSSR count). The largest absolute Gasteiger partial charge is 0.493 e. The number of likely N-dealkylation sites (tertiary alicyclic amines) is 1. The van der Waals surface area contributed by atoms with Crippen LogP contribution in [0.5, 0.6) is 11.5 Å². The van der Waals surface area contributed by atoms with E-state index in [0.29, 0.717) is 30.0 Å². The molecule has 2 aromatic rings. The molecule has 1 saturated carbocycles. The summed E-state index contributed by atoms with van der Waals surface area (Å²) >= 11 is 0. The van der Waals surface area contributed by atoms with Crippen LogP contribution < -0.4 is 15.2 Å². The molecule has 2 aliphatic rings. The van der Waals surface area contributed by atoms with Crippen molar-refractivity contribution in [1.29, 1.82) is 0 Å². The van der Waals surface area contributed by atoms with E-state index in [1.807, 2.05) is 18.2 Å². The zero-order valence-corrected chi connectivity index (χ0v) is 19.3. The maximum absolute atomic E-state index is 13.7. The lowest BCUT2D eigenvalue weighted by Crippen LogP contribution is -2.48. The number of nitrogens with zero attached hydrogens (tertiary/aromatic N) is 1. The van der Waals surface area contributed by atoms with Crippen LogP contribution in [0.15, 0.2) is 36.4 Å². The van der Waals surface area contributed by atoms with Crippen molar-refractivity contribution < 1.29 is 27.8 Å². The molecule has 1 heterocycles. The fourth-order valence-electron chi connectivity index (χ4n) is 5.05. The van der Waals surface area contributed by atoms with E-state index >= 15 is 0 Å². The summed E-state index contributed by atoms with van der Waals surface area (Å²) in [5, 5.41) is 0. The Morgan fingerprint density at radius 3 is 2.53 bits per heavy atom. The van der Waals surface area contributed by atoms with Gasteiger partial charge < -0.3 is 20.1 Å². The summed E-state index contributed by atoms with van der Waals surface area (Å²) in [5.41, 5.74) is 6.89. The number of nitrogens with two attached hydrogens (primary N) is 1. The second-order valence-corrected chi connectivity index (χ2v) is 9.20. The third kappa shape index (κ3) is 5.48. The van der Waals surface area contributed by atoms with Crippen LogP contribution in [0.4, 0.5) is 8.78 Å². The minimum absolute atomic E-state index is 0.0795. The van der Waals surface area contributed by atoms with E-state index in [-0.39, 0.29) is 30.9 Å². The van der Waals surface area contributed by atoms with Crippen molar-refractivity contribution in [2.24, 2.45) is 11.7 Å². The molecule has 0 bridgehead atoms. The molecule has 182 valence electrons. The summed E-state index contributed by atoms with van der Waals surface area (Å²) in [4.78, 5) is 26.2. The first-order chi connectivity index (χ1) is 16.3. The molecule has 2 aromatic carbocycles. The second kappa shape index (κ2) is 10.4. The van der Waals surface area contributed by atoms with Crippen LogP contribution >= 0.6 is 0 Å². The van der Waals surface area contributed by atoms with Crippen LogP contribution in [-0.4, -0.2) is 43.0 Å². The number of carbonyl (C=O) groups is 2. The monoisotopic (exact) mass is 472 g/mol. The molecular weight excluding hydrogens is 442 g/mol. The Balaban J connectivity index is 1.59. The average Bonchev–Trinajstić information content (AvgIpc) is 3.31. The van der Waals surface area contributed by atoms with Crippen LogP contribution in [-0.2, 0) is 16.0 Å². The minimum atomic E-state index is -0.949. The predicted octanol–water partition coefficient (Wildman–Crippen LogP) is 3.95. The number of methoxy groups -OCH3 is 1. The van der Waals surface area contributed by atoms with Crippen molar-refractivity contribution in [3.63, 3.8) is 0 Å². The van der Waals surface area contributed by atoms with Gasteiger partial charge in [0.1, 0.15) is 0 Å². The molecule has 1 saturated heterocycles. The van der Waals surface area contributed by atoms with Crippen molar-refractivity contribution in [3.05, 3.63) is 59.2 Å². The lowest BCUT2D eigenvalue weighted by atomic mass is 9.81. The highest BCUT2D eigenvalue weighted by Crippen LogP contribution is 2.38. The van der Waals surface area contributed by atoms with E-state index in [1.54, 1.807) is 7.11 Å². The number of halogens is 2. The zero-order chi connectivity index (χ0) is 24.2. The number of hydrogen-bond acceptors (Lipinski definition) is 4. The topological polar surface area (TPSA) is 81.9 Å². The van der Waals surface area contributed by atoms with Gasteiger partial charge in [-0.15, -0.1) is 0 Å². The van der Waals surface area contributed by atoms with Crippen molar-refractivity contribution in [1.82, 2.24) is 4.90 Å². The summed E-state index contributed by atoms with van der Waals surface area (Å²) < 4.78 is 38.8. The number of ether oxygens (including phenoxy) is 2. The van der Waals surface area contributed by atoms with E-state index in [1.165, 1.54) is 11.0 Å². The van der Waals surface area contributed by atoms with Crippen LogP contribution in [0, 0.1) is 17.6 Å². The number of carbonyl (C=O) groups excluding carboxylic acids is 2. The first kappa shape index (κ1) is 24.0. The van der Waals surface area contributed by atoms with Gasteiger partial charge in [-0.2, -0.15) is 0 Å². The summed E-state index contributed by atoms with van der Waals surface area (Å²) in [6, 6.07) is 9.42. The third-order valence-electron chi connectivity index (χ3n) is 6.74. The fourth-order valence-corrected chi connectivity index (χ4v) is 5.05. The number of benzene rings is 2. The normalized spacial score (nSPS) is 21.0. The van der Waals surface area contributed by atoms with Gasteiger partial charge in [0.25, 0.3) is 0 Å². The molecule has 34 heavy (non-hydrogen) atoms. The molecule has 0 radical (unpaired) electrons. The molecule has 2 N–H and O–H groups in total. The molecule has 1 aliphatic heterocycles. The first-order valence-electron chi connectivity index (χ1n) is 11.7. The summed E-state index contributed by atoms with van der Waals surface area (Å²) in [5.74, 6) is -1.95.